The number of halogens is 2. The van der Waals surface area contributed by atoms with Crippen LogP contribution in [-0.2, 0) is 28.2 Å². The van der Waals surface area contributed by atoms with E-state index in [0.717, 1.165) is 54.9 Å². The molecule has 2 aromatic heterocycles. The predicted octanol–water partition coefficient (Wildman–Crippen LogP) is 5.44. The molecule has 6 aromatic rings. The van der Waals surface area contributed by atoms with Gasteiger partial charge in [0.1, 0.15) is 41.6 Å². The van der Waals surface area contributed by atoms with E-state index in [2.05, 4.69) is 32.1 Å². The van der Waals surface area contributed by atoms with E-state index in [-0.39, 0.29) is 35.7 Å². The van der Waals surface area contributed by atoms with Gasteiger partial charge in [0.05, 0.1) is 37.6 Å². The average molecular weight is 850 g/mol. The third-order valence-electron chi connectivity index (χ3n) is 11.7. The second kappa shape index (κ2) is 18.3. The molecule has 1 N–H and O–H groups in total. The van der Waals surface area contributed by atoms with Crippen LogP contribution in [0.1, 0.15) is 50.8 Å². The molecular formula is C46H51F2N8O6+. The number of esters is 1. The third-order valence-corrected chi connectivity index (χ3v) is 11.7. The molecule has 0 amide bonds. The molecule has 2 aliphatic heterocycles. The summed E-state index contributed by atoms with van der Waals surface area (Å²) in [5, 5.41) is 18.9. The largest absolute Gasteiger partial charge is 0.493 e. The van der Waals surface area contributed by atoms with E-state index in [9.17, 15) is 19.1 Å². The quantitative estimate of drug-likeness (QED) is 0.0810. The van der Waals surface area contributed by atoms with Gasteiger partial charge in [0, 0.05) is 67.1 Å². The molecule has 0 saturated carbocycles. The number of carbonyl (C=O) groups excluding carboxylic acids is 1. The van der Waals surface area contributed by atoms with E-state index < -0.39 is 23.3 Å². The molecule has 0 spiro atoms. The fourth-order valence-corrected chi connectivity index (χ4v) is 8.49. The van der Waals surface area contributed by atoms with Crippen molar-refractivity contribution in [1.82, 2.24) is 24.1 Å². The number of aromatic nitrogens is 6. The minimum absolute atomic E-state index is 0.0677. The fraction of sp³-hybridized carbons (Fsp3) is 0.370. The first-order chi connectivity index (χ1) is 30.0. The molecule has 4 atom stereocenters. The molecule has 2 aliphatic rings. The van der Waals surface area contributed by atoms with E-state index >= 15 is 4.39 Å². The van der Waals surface area contributed by atoms with Gasteiger partial charge in [-0.25, -0.2) is 27.4 Å². The highest BCUT2D eigenvalue weighted by molar-refractivity contribution is 5.69. The summed E-state index contributed by atoms with van der Waals surface area (Å²) in [6.45, 7) is 9.63. The Balaban J connectivity index is 0.853. The number of piperazine rings is 1. The van der Waals surface area contributed by atoms with E-state index in [4.69, 9.17) is 14.2 Å². The summed E-state index contributed by atoms with van der Waals surface area (Å²) in [6, 6.07) is 26.3. The van der Waals surface area contributed by atoms with Crippen molar-refractivity contribution >= 4 is 17.3 Å². The van der Waals surface area contributed by atoms with Gasteiger partial charge in [-0.1, -0.05) is 25.1 Å². The van der Waals surface area contributed by atoms with Crippen LogP contribution in [0.2, 0.25) is 0 Å². The molecule has 2 fully saturated rings. The van der Waals surface area contributed by atoms with E-state index in [0.29, 0.717) is 44.1 Å². The predicted molar refractivity (Wildman–Crippen MR) is 227 cm³/mol. The summed E-state index contributed by atoms with van der Waals surface area (Å²) in [5.74, 6) is -0.605. The topological polar surface area (TPSA) is 133 Å². The number of aliphatic hydroxyl groups is 1. The number of benzene rings is 4. The minimum Gasteiger partial charge on any atom is -0.493 e. The standard InChI is InChI=1S/C46H51F2N8O6/c1-4-44(32(2)57)56-45(59)55(30-50-56)39-10-8-37(9-11-39)52-19-21-53(22-20-52)38-12-16-40(17-13-38)60-26-35-24-46(61-27-35,42-18-7-36(47)23-43(42)48)28-54-31-51(29-49-54)25-34-5-14-41(15-6-34)62-33(3)58/h5-18,23,29-32,35,44,57H,4,19-22,24-28H2,1-3H3/q+1/t32-,35+,44-,46-/m0/s1. The highest BCUT2D eigenvalue weighted by atomic mass is 19.1. The average Bonchev–Trinajstić information content (AvgIpc) is 4.00. The summed E-state index contributed by atoms with van der Waals surface area (Å²) in [7, 11) is 0. The highest BCUT2D eigenvalue weighted by Gasteiger charge is 2.46. The summed E-state index contributed by atoms with van der Waals surface area (Å²) in [4.78, 5) is 29.0. The Morgan fingerprint density at radius 1 is 0.919 bits per heavy atom. The van der Waals surface area contributed by atoms with Crippen LogP contribution in [0.3, 0.4) is 0 Å². The summed E-state index contributed by atoms with van der Waals surface area (Å²) in [5.41, 5.74) is 2.74. The van der Waals surface area contributed by atoms with Crippen molar-refractivity contribution in [3.05, 3.63) is 143 Å². The molecule has 324 valence electrons. The van der Waals surface area contributed by atoms with Crippen molar-refractivity contribution in [1.29, 1.82) is 0 Å². The first-order valence-electron chi connectivity index (χ1n) is 20.9. The van der Waals surface area contributed by atoms with Gasteiger partial charge in [-0.2, -0.15) is 5.10 Å². The van der Waals surface area contributed by atoms with Crippen molar-refractivity contribution in [3.8, 4) is 17.2 Å². The SMILES string of the molecule is CC[C@@H]([C@H](C)O)n1ncn(-c2ccc(N3CCN(c4ccc(OC[C@@H]5CO[C@@](Cn6c[n+](Cc7ccc(OC(C)=O)cc7)cn6)(c6ccc(F)cc6F)C5)cc4)CC3)cc2)c1=O. The highest BCUT2D eigenvalue weighted by Crippen LogP contribution is 2.42. The summed E-state index contributed by atoms with van der Waals surface area (Å²) in [6.07, 6.45) is 5.35. The van der Waals surface area contributed by atoms with Crippen LogP contribution in [0.15, 0.2) is 115 Å². The monoisotopic (exact) mass is 849 g/mol. The molecule has 4 aromatic carbocycles. The molecule has 2 saturated heterocycles. The zero-order valence-corrected chi connectivity index (χ0v) is 35.0. The lowest BCUT2D eigenvalue weighted by molar-refractivity contribution is -0.689. The van der Waals surface area contributed by atoms with Crippen LogP contribution in [0, 0.1) is 17.6 Å². The molecule has 0 bridgehead atoms. The smallest absolute Gasteiger partial charge is 0.350 e. The molecule has 4 heterocycles. The number of rotatable bonds is 15. The van der Waals surface area contributed by atoms with Crippen molar-refractivity contribution in [2.24, 2.45) is 5.92 Å². The lowest BCUT2D eigenvalue weighted by Gasteiger charge is -2.37. The van der Waals surface area contributed by atoms with Crippen molar-refractivity contribution in [2.75, 3.05) is 49.2 Å². The van der Waals surface area contributed by atoms with Crippen LogP contribution >= 0.6 is 0 Å². The van der Waals surface area contributed by atoms with Gasteiger partial charge >= 0.3 is 11.7 Å². The van der Waals surface area contributed by atoms with Gasteiger partial charge < -0.3 is 29.1 Å². The van der Waals surface area contributed by atoms with Gasteiger partial charge in [-0.15, -0.1) is 4.68 Å². The second-order valence-corrected chi connectivity index (χ2v) is 16.1. The Bertz CT molecular complexity index is 2520. The zero-order chi connectivity index (χ0) is 43.4. The van der Waals surface area contributed by atoms with Crippen LogP contribution < -0.4 is 29.5 Å². The Hall–Kier alpha value is -6.39. The minimum atomic E-state index is -1.10. The van der Waals surface area contributed by atoms with Gasteiger partial charge in [0.15, 0.2) is 0 Å². The molecule has 0 radical (unpaired) electrons. The lowest BCUT2D eigenvalue weighted by atomic mass is 9.87. The third kappa shape index (κ3) is 9.40. The maximum atomic E-state index is 15.4. The van der Waals surface area contributed by atoms with Crippen molar-refractivity contribution in [2.45, 2.75) is 64.4 Å². The molecular weight excluding hydrogens is 799 g/mol. The number of hydrogen-bond acceptors (Lipinski definition) is 10. The first kappa shape index (κ1) is 42.3. The number of carbonyl (C=O) groups is 1. The number of ether oxygens (including phenoxy) is 3. The molecule has 14 nitrogen and oxygen atoms in total. The maximum absolute atomic E-state index is 15.4. The fourth-order valence-electron chi connectivity index (χ4n) is 8.49. The molecule has 0 unspecified atom stereocenters. The number of aliphatic hydroxyl groups excluding tert-OH is 1. The normalized spacial score (nSPS) is 18.8. The van der Waals surface area contributed by atoms with Crippen LogP contribution in [-0.4, -0.2) is 80.7 Å². The van der Waals surface area contributed by atoms with Gasteiger partial charge in [0.25, 0.3) is 6.33 Å². The molecule has 62 heavy (non-hydrogen) atoms. The molecule has 8 rings (SSSR count). The van der Waals surface area contributed by atoms with Crippen LogP contribution in [0.25, 0.3) is 5.69 Å². The lowest BCUT2D eigenvalue weighted by Crippen LogP contribution is -2.46. The van der Waals surface area contributed by atoms with Crippen molar-refractivity contribution < 1.29 is 37.5 Å². The molecule has 0 aliphatic carbocycles. The zero-order valence-electron chi connectivity index (χ0n) is 35.0. The Morgan fingerprint density at radius 2 is 1.56 bits per heavy atom. The van der Waals surface area contributed by atoms with E-state index in [1.165, 1.54) is 34.6 Å². The molecule has 16 heteroatoms. The number of anilines is 2. The number of nitrogens with zero attached hydrogens (tertiary/aromatic N) is 8. The maximum Gasteiger partial charge on any atom is 0.350 e. The van der Waals surface area contributed by atoms with Crippen LogP contribution in [0.5, 0.6) is 11.5 Å². The second-order valence-electron chi connectivity index (χ2n) is 16.1. The van der Waals surface area contributed by atoms with Gasteiger partial charge in [-0.3, -0.25) is 4.79 Å². The number of hydrogen-bond donors (Lipinski definition) is 1. The Morgan fingerprint density at radius 3 is 2.19 bits per heavy atom. The summed E-state index contributed by atoms with van der Waals surface area (Å²) >= 11 is 0. The van der Waals surface area contributed by atoms with Gasteiger partial charge in [-0.05, 0) is 92.1 Å². The Labute approximate surface area is 358 Å². The van der Waals surface area contributed by atoms with Gasteiger partial charge in [0.2, 0.25) is 6.33 Å². The van der Waals surface area contributed by atoms with Crippen LogP contribution in [0.4, 0.5) is 20.2 Å². The Kier molecular flexibility index (Phi) is 12.5. The van der Waals surface area contributed by atoms with E-state index in [1.54, 1.807) is 30.1 Å². The summed E-state index contributed by atoms with van der Waals surface area (Å²) < 4.78 is 53.7. The first-order valence-corrected chi connectivity index (χ1v) is 20.9. The van der Waals surface area contributed by atoms with Crippen molar-refractivity contribution in [3.63, 3.8) is 0 Å². The van der Waals surface area contributed by atoms with E-state index in [1.807, 2.05) is 66.3 Å².